The minimum Gasteiger partial charge on any atom is -0.339 e. The molecule has 1 fully saturated rings. The fourth-order valence-electron chi connectivity index (χ4n) is 3.58. The first-order chi connectivity index (χ1) is 12.6. The summed E-state index contributed by atoms with van der Waals surface area (Å²) >= 11 is 0. The van der Waals surface area contributed by atoms with Gasteiger partial charge >= 0.3 is 0 Å². The van der Waals surface area contributed by atoms with Crippen LogP contribution in [0.15, 0.2) is 34.9 Å². The highest BCUT2D eigenvalue weighted by atomic mass is 16.5. The normalized spacial score (nSPS) is 15.2. The molecule has 5 nitrogen and oxygen atoms in total. The first-order valence-electron chi connectivity index (χ1n) is 9.27. The molecule has 5 heteroatoms. The van der Waals surface area contributed by atoms with Crippen LogP contribution in [-0.4, -0.2) is 34.0 Å². The molecule has 3 heterocycles. The van der Waals surface area contributed by atoms with Crippen molar-refractivity contribution in [3.63, 3.8) is 0 Å². The second-order valence-corrected chi connectivity index (χ2v) is 7.08. The topological polar surface area (TPSA) is 59.2 Å². The number of pyridine rings is 1. The summed E-state index contributed by atoms with van der Waals surface area (Å²) in [5.74, 6) is 0.0546. The van der Waals surface area contributed by atoms with Gasteiger partial charge in [-0.3, -0.25) is 4.79 Å². The van der Waals surface area contributed by atoms with Crippen molar-refractivity contribution in [3.05, 3.63) is 47.2 Å². The lowest BCUT2D eigenvalue weighted by molar-refractivity contribution is 0.0763. The lowest BCUT2D eigenvalue weighted by Gasteiger charge is -2.21. The zero-order valence-corrected chi connectivity index (χ0v) is 15.3. The van der Waals surface area contributed by atoms with Crippen molar-refractivity contribution in [2.24, 2.45) is 0 Å². The van der Waals surface area contributed by atoms with E-state index in [0.717, 1.165) is 42.6 Å². The van der Waals surface area contributed by atoms with Crippen molar-refractivity contribution >= 4 is 17.0 Å². The average Bonchev–Trinajstić information content (AvgIpc) is 2.86. The Morgan fingerprint density at radius 2 is 1.73 bits per heavy atom. The monoisotopic (exact) mass is 349 g/mol. The molecule has 1 aromatic carbocycles. The van der Waals surface area contributed by atoms with E-state index in [1.54, 1.807) is 0 Å². The van der Waals surface area contributed by atoms with Gasteiger partial charge in [0.15, 0.2) is 0 Å². The molecule has 1 aliphatic rings. The van der Waals surface area contributed by atoms with Gasteiger partial charge in [-0.2, -0.15) is 0 Å². The van der Waals surface area contributed by atoms with Gasteiger partial charge in [0.2, 0.25) is 0 Å². The van der Waals surface area contributed by atoms with Crippen LogP contribution in [0.4, 0.5) is 0 Å². The summed E-state index contributed by atoms with van der Waals surface area (Å²) in [6.07, 6.45) is 4.51. The molecule has 0 saturated carbocycles. The van der Waals surface area contributed by atoms with Crippen LogP contribution < -0.4 is 0 Å². The summed E-state index contributed by atoms with van der Waals surface area (Å²) in [6, 6.07) is 10.0. The standard InChI is InChI=1S/C21H23N3O2/c1-14-7-9-16(10-8-14)18-13-17(19-15(2)23-26-20(19)22-18)21(25)24-11-5-3-4-6-12-24/h7-10,13H,3-6,11-12H2,1-2H3. The Kier molecular flexibility index (Phi) is 4.45. The van der Waals surface area contributed by atoms with E-state index in [1.165, 1.54) is 18.4 Å². The molecule has 0 atom stereocenters. The fourth-order valence-corrected chi connectivity index (χ4v) is 3.58. The molecular weight excluding hydrogens is 326 g/mol. The summed E-state index contributed by atoms with van der Waals surface area (Å²) in [7, 11) is 0. The van der Waals surface area contributed by atoms with E-state index in [4.69, 9.17) is 4.52 Å². The van der Waals surface area contributed by atoms with Gasteiger partial charge < -0.3 is 9.42 Å². The van der Waals surface area contributed by atoms with Gasteiger partial charge in [0.25, 0.3) is 11.6 Å². The number of fused-ring (bicyclic) bond motifs is 1. The molecule has 3 aromatic rings. The number of aromatic nitrogens is 2. The molecule has 1 saturated heterocycles. The highest BCUT2D eigenvalue weighted by Gasteiger charge is 2.24. The maximum absolute atomic E-state index is 13.3. The van der Waals surface area contributed by atoms with E-state index >= 15 is 0 Å². The first kappa shape index (κ1) is 16.8. The summed E-state index contributed by atoms with van der Waals surface area (Å²) < 4.78 is 5.41. The molecule has 4 rings (SSSR count). The zero-order valence-electron chi connectivity index (χ0n) is 15.3. The number of hydrogen-bond donors (Lipinski definition) is 0. The van der Waals surface area contributed by atoms with Crippen LogP contribution in [-0.2, 0) is 0 Å². The lowest BCUT2D eigenvalue weighted by Crippen LogP contribution is -2.32. The van der Waals surface area contributed by atoms with Gasteiger partial charge in [-0.25, -0.2) is 4.98 Å². The maximum Gasteiger partial charge on any atom is 0.259 e. The van der Waals surface area contributed by atoms with Crippen LogP contribution >= 0.6 is 0 Å². The molecule has 0 spiro atoms. The van der Waals surface area contributed by atoms with E-state index in [0.29, 0.717) is 17.0 Å². The minimum atomic E-state index is 0.0546. The predicted molar refractivity (Wildman–Crippen MR) is 101 cm³/mol. The molecule has 0 N–H and O–H groups in total. The Balaban J connectivity index is 1.82. The first-order valence-corrected chi connectivity index (χ1v) is 9.27. The van der Waals surface area contributed by atoms with Crippen LogP contribution in [0, 0.1) is 13.8 Å². The van der Waals surface area contributed by atoms with Crippen LogP contribution in [0.1, 0.15) is 47.3 Å². The molecule has 0 bridgehead atoms. The number of amides is 1. The minimum absolute atomic E-state index is 0.0546. The van der Waals surface area contributed by atoms with E-state index in [2.05, 4.69) is 17.1 Å². The van der Waals surface area contributed by atoms with E-state index in [-0.39, 0.29) is 5.91 Å². The lowest BCUT2D eigenvalue weighted by atomic mass is 10.0. The number of hydrogen-bond acceptors (Lipinski definition) is 4. The summed E-state index contributed by atoms with van der Waals surface area (Å²) in [5, 5.41) is 4.77. The SMILES string of the molecule is Cc1ccc(-c2cc(C(=O)N3CCCCCC3)c3c(C)noc3n2)cc1. The highest BCUT2D eigenvalue weighted by Crippen LogP contribution is 2.28. The Hall–Kier alpha value is -2.69. The van der Waals surface area contributed by atoms with Crippen molar-refractivity contribution < 1.29 is 9.32 Å². The number of nitrogens with zero attached hydrogens (tertiary/aromatic N) is 3. The maximum atomic E-state index is 13.3. The largest absolute Gasteiger partial charge is 0.339 e. The van der Waals surface area contributed by atoms with Gasteiger partial charge in [0, 0.05) is 18.7 Å². The summed E-state index contributed by atoms with van der Waals surface area (Å²) in [6.45, 7) is 5.53. The van der Waals surface area contributed by atoms with Crippen LogP contribution in [0.3, 0.4) is 0 Å². The molecule has 0 radical (unpaired) electrons. The second-order valence-electron chi connectivity index (χ2n) is 7.08. The molecule has 0 aliphatic carbocycles. The van der Waals surface area contributed by atoms with Crippen LogP contribution in [0.2, 0.25) is 0 Å². The smallest absolute Gasteiger partial charge is 0.259 e. The number of rotatable bonds is 2. The Bertz CT molecular complexity index is 936. The van der Waals surface area contributed by atoms with Crippen molar-refractivity contribution in [1.29, 1.82) is 0 Å². The van der Waals surface area contributed by atoms with Gasteiger partial charge in [-0.1, -0.05) is 47.8 Å². The number of aryl methyl sites for hydroxylation is 2. The Morgan fingerprint density at radius 1 is 1.04 bits per heavy atom. The number of carbonyl (C=O) groups excluding carboxylic acids is 1. The molecule has 26 heavy (non-hydrogen) atoms. The van der Waals surface area contributed by atoms with Gasteiger partial charge in [0.05, 0.1) is 22.3 Å². The molecular formula is C21H23N3O2. The fraction of sp³-hybridized carbons (Fsp3) is 0.381. The molecule has 1 amide bonds. The van der Waals surface area contributed by atoms with Crippen molar-refractivity contribution in [2.75, 3.05) is 13.1 Å². The molecule has 1 aliphatic heterocycles. The molecule has 0 unspecified atom stereocenters. The Labute approximate surface area is 153 Å². The van der Waals surface area contributed by atoms with Crippen molar-refractivity contribution in [1.82, 2.24) is 15.0 Å². The third-order valence-corrected chi connectivity index (χ3v) is 5.09. The van der Waals surface area contributed by atoms with Gasteiger partial charge in [-0.05, 0) is 32.8 Å². The summed E-state index contributed by atoms with van der Waals surface area (Å²) in [4.78, 5) is 19.9. The van der Waals surface area contributed by atoms with Gasteiger partial charge in [-0.15, -0.1) is 0 Å². The van der Waals surface area contributed by atoms with Crippen molar-refractivity contribution in [2.45, 2.75) is 39.5 Å². The molecule has 2 aromatic heterocycles. The second kappa shape index (κ2) is 6.90. The average molecular weight is 349 g/mol. The number of carbonyl (C=O) groups is 1. The van der Waals surface area contributed by atoms with Crippen molar-refractivity contribution in [3.8, 4) is 11.3 Å². The predicted octanol–water partition coefficient (Wildman–Crippen LogP) is 4.52. The van der Waals surface area contributed by atoms with Crippen LogP contribution in [0.25, 0.3) is 22.4 Å². The Morgan fingerprint density at radius 3 is 2.42 bits per heavy atom. The quantitative estimate of drug-likeness (QED) is 0.682. The number of likely N-dealkylation sites (tertiary alicyclic amines) is 1. The zero-order chi connectivity index (χ0) is 18.1. The van der Waals surface area contributed by atoms with E-state index < -0.39 is 0 Å². The molecule has 134 valence electrons. The van der Waals surface area contributed by atoms with Gasteiger partial charge in [0.1, 0.15) is 0 Å². The third kappa shape index (κ3) is 3.09. The van der Waals surface area contributed by atoms with Crippen LogP contribution in [0.5, 0.6) is 0 Å². The highest BCUT2D eigenvalue weighted by molar-refractivity contribution is 6.07. The third-order valence-electron chi connectivity index (χ3n) is 5.09. The van der Waals surface area contributed by atoms with E-state index in [1.807, 2.05) is 42.2 Å². The summed E-state index contributed by atoms with van der Waals surface area (Å²) in [5.41, 5.74) is 4.68. The number of benzene rings is 1. The van der Waals surface area contributed by atoms with E-state index in [9.17, 15) is 4.79 Å².